The van der Waals surface area contributed by atoms with E-state index in [1.165, 1.54) is 12.8 Å². The third-order valence-corrected chi connectivity index (χ3v) is 2.18. The molecule has 0 aliphatic carbocycles. The van der Waals surface area contributed by atoms with E-state index in [2.05, 4.69) is 26.1 Å². The summed E-state index contributed by atoms with van der Waals surface area (Å²) in [6, 6.07) is 0. The van der Waals surface area contributed by atoms with E-state index in [4.69, 9.17) is 4.74 Å². The van der Waals surface area contributed by atoms with Crippen LogP contribution in [0.25, 0.3) is 0 Å². The Morgan fingerprint density at radius 1 is 1.15 bits per heavy atom. The number of methoxy groups -OCH3 is 1. The van der Waals surface area contributed by atoms with Crippen LogP contribution in [0, 0.1) is 11.8 Å². The van der Waals surface area contributed by atoms with Gasteiger partial charge in [0.2, 0.25) is 0 Å². The largest absolute Gasteiger partial charge is 0.385 e. The highest BCUT2D eigenvalue weighted by atomic mass is 16.5. The van der Waals surface area contributed by atoms with Crippen molar-refractivity contribution >= 4 is 0 Å². The molecule has 0 rings (SSSR count). The van der Waals surface area contributed by atoms with Crippen LogP contribution in [-0.2, 0) is 4.74 Å². The molecule has 0 aromatic rings. The van der Waals surface area contributed by atoms with Gasteiger partial charge in [0.05, 0.1) is 0 Å². The Morgan fingerprint density at radius 3 is 2.38 bits per heavy atom. The van der Waals surface area contributed by atoms with Gasteiger partial charge in [-0.15, -0.1) is 0 Å². The van der Waals surface area contributed by atoms with Gasteiger partial charge in [0.1, 0.15) is 0 Å². The van der Waals surface area contributed by atoms with Gasteiger partial charge in [-0.3, -0.25) is 0 Å². The molecule has 0 saturated carbocycles. The molecule has 0 aliphatic rings. The average molecular weight is 187 g/mol. The Kier molecular flexibility index (Phi) is 8.46. The summed E-state index contributed by atoms with van der Waals surface area (Å²) in [6.07, 6.45) is 2.44. The molecule has 1 atom stereocenters. The summed E-state index contributed by atoms with van der Waals surface area (Å²) in [5, 5.41) is 3.45. The molecule has 2 nitrogen and oxygen atoms in total. The van der Waals surface area contributed by atoms with Crippen molar-refractivity contribution in [1.82, 2.24) is 5.32 Å². The summed E-state index contributed by atoms with van der Waals surface area (Å²) >= 11 is 0. The van der Waals surface area contributed by atoms with E-state index in [1.54, 1.807) is 7.11 Å². The molecular weight excluding hydrogens is 162 g/mol. The Bertz CT molecular complexity index is 104. The van der Waals surface area contributed by atoms with Gasteiger partial charge in [0.15, 0.2) is 0 Å². The lowest BCUT2D eigenvalue weighted by Gasteiger charge is -2.12. The van der Waals surface area contributed by atoms with Crippen LogP contribution < -0.4 is 5.32 Å². The number of ether oxygens (including phenoxy) is 1. The van der Waals surface area contributed by atoms with Crippen LogP contribution >= 0.6 is 0 Å². The van der Waals surface area contributed by atoms with Crippen molar-refractivity contribution in [3.05, 3.63) is 0 Å². The smallest absolute Gasteiger partial charge is 0.0464 e. The third-order valence-electron chi connectivity index (χ3n) is 2.18. The van der Waals surface area contributed by atoms with Crippen molar-refractivity contribution in [3.63, 3.8) is 0 Å². The van der Waals surface area contributed by atoms with Crippen molar-refractivity contribution in [2.75, 3.05) is 26.8 Å². The van der Waals surface area contributed by atoms with Crippen molar-refractivity contribution in [2.45, 2.75) is 33.6 Å². The maximum atomic E-state index is 5.04. The van der Waals surface area contributed by atoms with Crippen LogP contribution in [0.2, 0.25) is 0 Å². The zero-order valence-electron chi connectivity index (χ0n) is 9.60. The lowest BCUT2D eigenvalue weighted by Crippen LogP contribution is -2.22. The Labute approximate surface area is 83.1 Å². The maximum Gasteiger partial charge on any atom is 0.0464 e. The lowest BCUT2D eigenvalue weighted by atomic mass is 10.0. The van der Waals surface area contributed by atoms with E-state index < -0.39 is 0 Å². The second-order valence-electron chi connectivity index (χ2n) is 4.27. The highest BCUT2D eigenvalue weighted by Crippen LogP contribution is 2.05. The molecule has 1 unspecified atom stereocenters. The summed E-state index contributed by atoms with van der Waals surface area (Å²) in [4.78, 5) is 0. The predicted molar refractivity (Wildman–Crippen MR) is 58.0 cm³/mol. The first-order valence-corrected chi connectivity index (χ1v) is 5.36. The molecule has 0 amide bonds. The van der Waals surface area contributed by atoms with Gasteiger partial charge in [-0.25, -0.2) is 0 Å². The highest BCUT2D eigenvalue weighted by Gasteiger charge is 2.01. The monoisotopic (exact) mass is 187 g/mol. The van der Waals surface area contributed by atoms with Crippen molar-refractivity contribution < 1.29 is 4.74 Å². The summed E-state index contributed by atoms with van der Waals surface area (Å²) in [5.41, 5.74) is 0. The first-order chi connectivity index (χ1) is 6.16. The molecule has 0 fully saturated rings. The minimum atomic E-state index is 0.759. The lowest BCUT2D eigenvalue weighted by molar-refractivity contribution is 0.178. The fourth-order valence-electron chi connectivity index (χ4n) is 1.20. The first kappa shape index (κ1) is 12.9. The summed E-state index contributed by atoms with van der Waals surface area (Å²) in [5.74, 6) is 1.54. The molecule has 0 aromatic carbocycles. The predicted octanol–water partition coefficient (Wildman–Crippen LogP) is 2.29. The van der Waals surface area contributed by atoms with Crippen molar-refractivity contribution in [1.29, 1.82) is 0 Å². The normalized spacial score (nSPS) is 13.6. The number of rotatable bonds is 8. The molecule has 0 aliphatic heterocycles. The molecule has 1 N–H and O–H groups in total. The van der Waals surface area contributed by atoms with E-state index >= 15 is 0 Å². The SMILES string of the molecule is COCCC(C)CCNCC(C)C. The standard InChI is InChI=1S/C11H25NO/c1-10(2)9-12-7-5-11(3)6-8-13-4/h10-12H,5-9H2,1-4H3. The molecule has 0 spiro atoms. The number of hydrogen-bond donors (Lipinski definition) is 1. The van der Waals surface area contributed by atoms with Crippen LogP contribution in [0.1, 0.15) is 33.6 Å². The van der Waals surface area contributed by atoms with Gasteiger partial charge in [-0.1, -0.05) is 20.8 Å². The van der Waals surface area contributed by atoms with Crippen LogP contribution in [0.4, 0.5) is 0 Å². The maximum absolute atomic E-state index is 5.04. The molecule has 0 aromatic heterocycles. The molecule has 13 heavy (non-hydrogen) atoms. The van der Waals surface area contributed by atoms with Gasteiger partial charge in [-0.2, -0.15) is 0 Å². The van der Waals surface area contributed by atoms with E-state index in [0.717, 1.165) is 31.5 Å². The van der Waals surface area contributed by atoms with Gasteiger partial charge in [-0.05, 0) is 37.8 Å². The Balaban J connectivity index is 3.12. The molecule has 2 heteroatoms. The van der Waals surface area contributed by atoms with Crippen LogP contribution in [0.5, 0.6) is 0 Å². The van der Waals surface area contributed by atoms with E-state index in [1.807, 2.05) is 0 Å². The van der Waals surface area contributed by atoms with Gasteiger partial charge in [0.25, 0.3) is 0 Å². The zero-order valence-corrected chi connectivity index (χ0v) is 9.60. The van der Waals surface area contributed by atoms with Crippen LogP contribution in [-0.4, -0.2) is 26.8 Å². The fourth-order valence-corrected chi connectivity index (χ4v) is 1.20. The molecule has 80 valence electrons. The number of hydrogen-bond acceptors (Lipinski definition) is 2. The third kappa shape index (κ3) is 9.84. The van der Waals surface area contributed by atoms with Crippen LogP contribution in [0.3, 0.4) is 0 Å². The molecule has 0 radical (unpaired) electrons. The molecule has 0 heterocycles. The van der Waals surface area contributed by atoms with E-state index in [9.17, 15) is 0 Å². The number of nitrogens with one attached hydrogen (secondary N) is 1. The zero-order chi connectivity index (χ0) is 10.1. The van der Waals surface area contributed by atoms with Gasteiger partial charge < -0.3 is 10.1 Å². The summed E-state index contributed by atoms with van der Waals surface area (Å²) < 4.78 is 5.04. The topological polar surface area (TPSA) is 21.3 Å². The Hall–Kier alpha value is -0.0800. The van der Waals surface area contributed by atoms with Crippen molar-refractivity contribution in [2.24, 2.45) is 11.8 Å². The molecule has 0 bridgehead atoms. The first-order valence-electron chi connectivity index (χ1n) is 5.36. The fraction of sp³-hybridized carbons (Fsp3) is 1.00. The molecule has 0 saturated heterocycles. The van der Waals surface area contributed by atoms with Gasteiger partial charge >= 0.3 is 0 Å². The summed E-state index contributed by atoms with van der Waals surface area (Å²) in [7, 11) is 1.77. The van der Waals surface area contributed by atoms with E-state index in [0.29, 0.717) is 0 Å². The van der Waals surface area contributed by atoms with E-state index in [-0.39, 0.29) is 0 Å². The molecular formula is C11H25NO. The highest BCUT2D eigenvalue weighted by molar-refractivity contribution is 4.57. The quantitative estimate of drug-likeness (QED) is 0.589. The minimum absolute atomic E-state index is 0.759. The van der Waals surface area contributed by atoms with Crippen molar-refractivity contribution in [3.8, 4) is 0 Å². The minimum Gasteiger partial charge on any atom is -0.385 e. The second kappa shape index (κ2) is 8.52. The Morgan fingerprint density at radius 2 is 1.85 bits per heavy atom. The second-order valence-corrected chi connectivity index (χ2v) is 4.27. The van der Waals surface area contributed by atoms with Crippen LogP contribution in [0.15, 0.2) is 0 Å². The average Bonchev–Trinajstić information content (AvgIpc) is 2.08. The van der Waals surface area contributed by atoms with Gasteiger partial charge in [0, 0.05) is 13.7 Å². The summed E-state index contributed by atoms with van der Waals surface area (Å²) in [6.45, 7) is 9.93.